The third-order valence-electron chi connectivity index (χ3n) is 2.47. The number of rotatable bonds is 5. The Morgan fingerprint density at radius 1 is 1.35 bits per heavy atom. The lowest BCUT2D eigenvalue weighted by Gasteiger charge is -2.08. The quantitative estimate of drug-likeness (QED) is 0.855. The number of H-pyrrole nitrogens is 1. The molecule has 2 aromatic rings. The smallest absolute Gasteiger partial charge is 0.252 e. The zero-order valence-corrected chi connectivity index (χ0v) is 13.7. The molecule has 0 bridgehead atoms. The number of nitrogens with zero attached hydrogens (tertiary/aromatic N) is 1. The summed E-state index contributed by atoms with van der Waals surface area (Å²) >= 11 is 5.14. The first-order valence-electron chi connectivity index (χ1n) is 6.27. The van der Waals surface area contributed by atoms with E-state index in [2.05, 4.69) is 45.1 Å². The summed E-state index contributed by atoms with van der Waals surface area (Å²) < 4.78 is 1.01. The number of aromatic amines is 1. The second-order valence-electron chi connectivity index (χ2n) is 4.58. The van der Waals surface area contributed by atoms with Crippen molar-refractivity contribution < 1.29 is 0 Å². The summed E-state index contributed by atoms with van der Waals surface area (Å²) in [5.74, 6) is 1.20. The Kier molecular flexibility index (Phi) is 5.25. The highest BCUT2D eigenvalue weighted by Crippen LogP contribution is 2.18. The fraction of sp³-hybridized carbons (Fsp3) is 0.286. The van der Waals surface area contributed by atoms with Crippen LogP contribution in [0.4, 0.5) is 11.6 Å². The van der Waals surface area contributed by atoms with Crippen LogP contribution in [0.1, 0.15) is 19.5 Å². The predicted octanol–water partition coefficient (Wildman–Crippen LogP) is 3.92. The fourth-order valence-electron chi connectivity index (χ4n) is 1.56. The third kappa shape index (κ3) is 4.68. The van der Waals surface area contributed by atoms with Crippen LogP contribution < -0.4 is 10.9 Å². The van der Waals surface area contributed by atoms with Crippen molar-refractivity contribution >= 4 is 39.3 Å². The van der Waals surface area contributed by atoms with Gasteiger partial charge < -0.3 is 5.32 Å². The molecule has 2 rings (SSSR count). The van der Waals surface area contributed by atoms with Crippen molar-refractivity contribution in [1.29, 1.82) is 0 Å². The van der Waals surface area contributed by atoms with Gasteiger partial charge in [-0.3, -0.25) is 9.78 Å². The van der Waals surface area contributed by atoms with Crippen molar-refractivity contribution in [2.75, 3.05) is 5.32 Å². The third-order valence-corrected chi connectivity index (χ3v) is 4.12. The van der Waals surface area contributed by atoms with Gasteiger partial charge in [-0.15, -0.1) is 0 Å². The molecule has 0 saturated heterocycles. The number of thioether (sulfide) groups is 1. The zero-order valence-electron chi connectivity index (χ0n) is 11.3. The standard InChI is InChI=1S/C14H16BrN3OS/c1-9(2)20-8-12-7-13(19)18-14(17-12)16-11-5-3-10(15)4-6-11/h3-7,9H,8H2,1-2H3,(H2,16,17,18,19). The van der Waals surface area contributed by atoms with E-state index in [1.54, 1.807) is 17.8 Å². The predicted molar refractivity (Wildman–Crippen MR) is 88.7 cm³/mol. The minimum absolute atomic E-state index is 0.140. The summed E-state index contributed by atoms with van der Waals surface area (Å²) in [5.41, 5.74) is 1.52. The second-order valence-corrected chi connectivity index (χ2v) is 7.06. The van der Waals surface area contributed by atoms with Gasteiger partial charge >= 0.3 is 0 Å². The molecule has 2 N–H and O–H groups in total. The van der Waals surface area contributed by atoms with Gasteiger partial charge in [-0.1, -0.05) is 29.8 Å². The Bertz CT molecular complexity index is 625. The molecule has 0 saturated carbocycles. The van der Waals surface area contributed by atoms with Crippen molar-refractivity contribution in [3.05, 3.63) is 50.9 Å². The summed E-state index contributed by atoms with van der Waals surface area (Å²) in [6.07, 6.45) is 0. The van der Waals surface area contributed by atoms with Crippen LogP contribution in [0.3, 0.4) is 0 Å². The van der Waals surface area contributed by atoms with Gasteiger partial charge in [0, 0.05) is 22.0 Å². The highest BCUT2D eigenvalue weighted by Gasteiger charge is 2.04. The first kappa shape index (κ1) is 15.1. The average molecular weight is 354 g/mol. The lowest BCUT2D eigenvalue weighted by atomic mass is 10.3. The van der Waals surface area contributed by atoms with E-state index in [0.717, 1.165) is 21.6 Å². The molecule has 106 valence electrons. The molecule has 6 heteroatoms. The maximum Gasteiger partial charge on any atom is 0.252 e. The van der Waals surface area contributed by atoms with Crippen molar-refractivity contribution in [2.24, 2.45) is 0 Å². The van der Waals surface area contributed by atoms with Gasteiger partial charge in [0.05, 0.1) is 5.69 Å². The Hall–Kier alpha value is -1.27. The molecular weight excluding hydrogens is 338 g/mol. The van der Waals surface area contributed by atoms with Crippen molar-refractivity contribution in [2.45, 2.75) is 24.9 Å². The maximum atomic E-state index is 11.6. The van der Waals surface area contributed by atoms with E-state index in [-0.39, 0.29) is 5.56 Å². The van der Waals surface area contributed by atoms with Gasteiger partial charge in [-0.2, -0.15) is 11.8 Å². The van der Waals surface area contributed by atoms with Crippen LogP contribution in [0, 0.1) is 0 Å². The Balaban J connectivity index is 2.15. The van der Waals surface area contributed by atoms with Crippen LogP contribution in [0.5, 0.6) is 0 Å². The van der Waals surface area contributed by atoms with Crippen LogP contribution in [-0.4, -0.2) is 15.2 Å². The number of hydrogen-bond donors (Lipinski definition) is 2. The lowest BCUT2D eigenvalue weighted by Crippen LogP contribution is -2.12. The summed E-state index contributed by atoms with van der Waals surface area (Å²) in [7, 11) is 0. The molecule has 0 aliphatic heterocycles. The van der Waals surface area contributed by atoms with Gasteiger partial charge in [-0.05, 0) is 29.5 Å². The average Bonchev–Trinajstić information content (AvgIpc) is 2.38. The van der Waals surface area contributed by atoms with Gasteiger partial charge in [0.25, 0.3) is 5.56 Å². The van der Waals surface area contributed by atoms with Gasteiger partial charge in [0.1, 0.15) is 0 Å². The molecular formula is C14H16BrN3OS. The number of anilines is 2. The van der Waals surface area contributed by atoms with E-state index in [4.69, 9.17) is 0 Å². The highest BCUT2D eigenvalue weighted by atomic mass is 79.9. The molecule has 4 nitrogen and oxygen atoms in total. The van der Waals surface area contributed by atoms with E-state index < -0.39 is 0 Å². The summed E-state index contributed by atoms with van der Waals surface area (Å²) in [6.45, 7) is 4.25. The maximum absolute atomic E-state index is 11.6. The first-order chi connectivity index (χ1) is 9.52. The molecule has 0 unspecified atom stereocenters. The van der Waals surface area contributed by atoms with Crippen LogP contribution in [0.2, 0.25) is 0 Å². The van der Waals surface area contributed by atoms with Crippen molar-refractivity contribution in [3.63, 3.8) is 0 Å². The number of nitrogens with one attached hydrogen (secondary N) is 2. The zero-order chi connectivity index (χ0) is 14.5. The van der Waals surface area contributed by atoms with E-state index in [0.29, 0.717) is 11.2 Å². The molecule has 0 atom stereocenters. The number of aromatic nitrogens is 2. The number of halogens is 1. The summed E-state index contributed by atoms with van der Waals surface area (Å²) in [4.78, 5) is 18.8. The first-order valence-corrected chi connectivity index (χ1v) is 8.11. The summed E-state index contributed by atoms with van der Waals surface area (Å²) in [5, 5.41) is 3.62. The van der Waals surface area contributed by atoms with Crippen molar-refractivity contribution in [3.8, 4) is 0 Å². The van der Waals surface area contributed by atoms with Crippen LogP contribution in [0.25, 0.3) is 0 Å². The normalized spacial score (nSPS) is 10.8. The molecule has 1 aromatic heterocycles. The van der Waals surface area contributed by atoms with E-state index >= 15 is 0 Å². The Labute approximate surface area is 130 Å². The minimum Gasteiger partial charge on any atom is -0.326 e. The monoisotopic (exact) mass is 353 g/mol. The molecule has 0 aliphatic carbocycles. The van der Waals surface area contributed by atoms with Crippen LogP contribution in [0.15, 0.2) is 39.6 Å². The van der Waals surface area contributed by atoms with Crippen LogP contribution >= 0.6 is 27.7 Å². The molecule has 0 amide bonds. The van der Waals surface area contributed by atoms with Gasteiger partial charge in [-0.25, -0.2) is 4.98 Å². The fourth-order valence-corrected chi connectivity index (χ4v) is 2.48. The Morgan fingerprint density at radius 3 is 2.70 bits per heavy atom. The molecule has 0 radical (unpaired) electrons. The van der Waals surface area contributed by atoms with E-state index in [1.165, 1.54) is 0 Å². The number of hydrogen-bond acceptors (Lipinski definition) is 4. The molecule has 0 fully saturated rings. The minimum atomic E-state index is -0.140. The SMILES string of the molecule is CC(C)SCc1cc(=O)[nH]c(Nc2ccc(Br)cc2)n1. The second kappa shape index (κ2) is 6.95. The molecule has 0 spiro atoms. The van der Waals surface area contributed by atoms with Crippen LogP contribution in [-0.2, 0) is 5.75 Å². The lowest BCUT2D eigenvalue weighted by molar-refractivity contribution is 1.05. The molecule has 0 aliphatic rings. The van der Waals surface area contributed by atoms with E-state index in [9.17, 15) is 4.79 Å². The topological polar surface area (TPSA) is 57.8 Å². The summed E-state index contributed by atoms with van der Waals surface area (Å²) in [6, 6.07) is 9.24. The number of benzene rings is 1. The largest absolute Gasteiger partial charge is 0.326 e. The molecule has 20 heavy (non-hydrogen) atoms. The molecule has 1 aromatic carbocycles. The molecule has 1 heterocycles. The van der Waals surface area contributed by atoms with Crippen molar-refractivity contribution in [1.82, 2.24) is 9.97 Å². The highest BCUT2D eigenvalue weighted by molar-refractivity contribution is 9.10. The van der Waals surface area contributed by atoms with E-state index in [1.807, 2.05) is 24.3 Å². The Morgan fingerprint density at radius 2 is 2.05 bits per heavy atom. The van der Waals surface area contributed by atoms with Gasteiger partial charge in [0.2, 0.25) is 5.95 Å². The van der Waals surface area contributed by atoms with Gasteiger partial charge in [0.15, 0.2) is 0 Å².